The summed E-state index contributed by atoms with van der Waals surface area (Å²) in [7, 11) is 0. The van der Waals surface area contributed by atoms with Crippen molar-refractivity contribution in [1.29, 1.82) is 0 Å². The Balaban J connectivity index is 4.42. The first-order valence-corrected chi connectivity index (χ1v) is 8.23. The highest BCUT2D eigenvalue weighted by molar-refractivity contribution is 5.78. The van der Waals surface area contributed by atoms with E-state index in [1.165, 1.54) is 0 Å². The van der Waals surface area contributed by atoms with Gasteiger partial charge >= 0.3 is 12.0 Å². The highest BCUT2D eigenvalue weighted by Crippen LogP contribution is 2.25. The van der Waals surface area contributed by atoms with Gasteiger partial charge < -0.3 is 15.7 Å². The molecule has 0 aromatic rings. The number of rotatable bonds is 11. The van der Waals surface area contributed by atoms with E-state index in [0.29, 0.717) is 12.8 Å². The fourth-order valence-electron chi connectivity index (χ4n) is 2.45. The molecule has 0 heterocycles. The van der Waals surface area contributed by atoms with Crippen LogP contribution in [0.3, 0.4) is 0 Å². The Morgan fingerprint density at radius 3 is 2.10 bits per heavy atom. The predicted molar refractivity (Wildman–Crippen MR) is 85.4 cm³/mol. The third kappa shape index (κ3) is 6.82. The van der Waals surface area contributed by atoms with Gasteiger partial charge in [-0.3, -0.25) is 4.79 Å². The minimum atomic E-state index is -0.860. The summed E-state index contributed by atoms with van der Waals surface area (Å²) in [6.07, 6.45) is 6.17. The van der Waals surface area contributed by atoms with Crippen LogP contribution >= 0.6 is 0 Å². The number of nitrogens with one attached hydrogen (secondary N) is 2. The molecule has 0 rings (SSSR count). The largest absolute Gasteiger partial charge is 0.481 e. The van der Waals surface area contributed by atoms with Crippen LogP contribution in [0.2, 0.25) is 0 Å². The lowest BCUT2D eigenvalue weighted by atomic mass is 9.82. The van der Waals surface area contributed by atoms with E-state index in [1.807, 2.05) is 13.8 Å². The molecule has 5 heteroatoms. The molecule has 0 spiro atoms. The molecule has 0 bridgehead atoms. The molecule has 1 unspecified atom stereocenters. The van der Waals surface area contributed by atoms with Crippen molar-refractivity contribution in [2.45, 2.75) is 78.7 Å². The lowest BCUT2D eigenvalue weighted by Gasteiger charge is -2.27. The average Bonchev–Trinajstić information content (AvgIpc) is 2.46. The van der Waals surface area contributed by atoms with Gasteiger partial charge in [0.15, 0.2) is 0 Å². The Hall–Kier alpha value is -1.26. The molecular formula is C16H32N2O3. The zero-order chi connectivity index (χ0) is 16.3. The van der Waals surface area contributed by atoms with Gasteiger partial charge in [0.1, 0.15) is 0 Å². The zero-order valence-corrected chi connectivity index (χ0v) is 14.0. The van der Waals surface area contributed by atoms with Crippen molar-refractivity contribution in [1.82, 2.24) is 10.6 Å². The summed E-state index contributed by atoms with van der Waals surface area (Å²) >= 11 is 0. The number of carbonyl (C=O) groups excluding carboxylic acids is 1. The number of hydrogen-bond donors (Lipinski definition) is 3. The number of urea groups is 1. The van der Waals surface area contributed by atoms with Crippen LogP contribution in [0.5, 0.6) is 0 Å². The molecule has 124 valence electrons. The third-order valence-corrected chi connectivity index (χ3v) is 4.27. The van der Waals surface area contributed by atoms with E-state index in [9.17, 15) is 14.7 Å². The molecule has 0 radical (unpaired) electrons. The lowest BCUT2D eigenvalue weighted by Crippen LogP contribution is -2.48. The number of amides is 2. The molecular weight excluding hydrogens is 268 g/mol. The van der Waals surface area contributed by atoms with E-state index in [1.54, 1.807) is 0 Å². The van der Waals surface area contributed by atoms with Crippen molar-refractivity contribution in [3.63, 3.8) is 0 Å². The molecule has 0 aliphatic rings. The molecule has 5 nitrogen and oxygen atoms in total. The van der Waals surface area contributed by atoms with E-state index in [2.05, 4.69) is 24.5 Å². The smallest absolute Gasteiger partial charge is 0.315 e. The van der Waals surface area contributed by atoms with E-state index < -0.39 is 11.4 Å². The Kier molecular flexibility index (Phi) is 9.84. The Labute approximate surface area is 128 Å². The lowest BCUT2D eigenvalue weighted by molar-refractivity contribution is -0.149. The van der Waals surface area contributed by atoms with Crippen molar-refractivity contribution >= 4 is 12.0 Å². The second-order valence-electron chi connectivity index (χ2n) is 5.75. The SMILES string of the molecule is CCCCC(CCC)NC(=O)NCC(CC)(CC)C(=O)O. The molecule has 21 heavy (non-hydrogen) atoms. The minimum absolute atomic E-state index is 0.174. The second-order valence-corrected chi connectivity index (χ2v) is 5.75. The van der Waals surface area contributed by atoms with Gasteiger partial charge in [-0.05, 0) is 25.7 Å². The highest BCUT2D eigenvalue weighted by atomic mass is 16.4. The van der Waals surface area contributed by atoms with Crippen LogP contribution in [0, 0.1) is 5.41 Å². The maximum Gasteiger partial charge on any atom is 0.315 e. The molecule has 2 amide bonds. The van der Waals surface area contributed by atoms with Crippen molar-refractivity contribution in [2.24, 2.45) is 5.41 Å². The van der Waals surface area contributed by atoms with Crippen LogP contribution in [0.1, 0.15) is 72.6 Å². The van der Waals surface area contributed by atoms with Gasteiger partial charge in [0, 0.05) is 12.6 Å². The third-order valence-electron chi connectivity index (χ3n) is 4.27. The normalized spacial score (nSPS) is 12.8. The zero-order valence-electron chi connectivity index (χ0n) is 14.0. The molecule has 0 saturated heterocycles. The van der Waals surface area contributed by atoms with Gasteiger partial charge in [0.05, 0.1) is 5.41 Å². The first-order valence-electron chi connectivity index (χ1n) is 8.23. The summed E-state index contributed by atoms with van der Waals surface area (Å²) in [5.41, 5.74) is -0.860. The monoisotopic (exact) mass is 300 g/mol. The molecule has 0 saturated carbocycles. The first kappa shape index (κ1) is 19.7. The van der Waals surface area contributed by atoms with Gasteiger partial charge in [-0.1, -0.05) is 47.0 Å². The van der Waals surface area contributed by atoms with E-state index >= 15 is 0 Å². The van der Waals surface area contributed by atoms with Crippen molar-refractivity contribution in [3.05, 3.63) is 0 Å². The number of carbonyl (C=O) groups is 2. The minimum Gasteiger partial charge on any atom is -0.481 e. The van der Waals surface area contributed by atoms with Gasteiger partial charge in [0.2, 0.25) is 0 Å². The summed E-state index contributed by atoms with van der Waals surface area (Å²) in [6, 6.07) is -0.0745. The van der Waals surface area contributed by atoms with Crippen LogP contribution in [-0.4, -0.2) is 29.7 Å². The topological polar surface area (TPSA) is 78.4 Å². The van der Waals surface area contributed by atoms with E-state index in [-0.39, 0.29) is 18.6 Å². The van der Waals surface area contributed by atoms with Crippen molar-refractivity contribution in [3.8, 4) is 0 Å². The summed E-state index contributed by atoms with van der Waals surface area (Å²) in [5, 5.41) is 15.1. The molecule has 0 aromatic carbocycles. The van der Waals surface area contributed by atoms with Crippen LogP contribution in [0.15, 0.2) is 0 Å². The fourth-order valence-corrected chi connectivity index (χ4v) is 2.45. The Morgan fingerprint density at radius 2 is 1.67 bits per heavy atom. The second kappa shape index (κ2) is 10.5. The number of carboxylic acids is 1. The van der Waals surface area contributed by atoms with Gasteiger partial charge in [0.25, 0.3) is 0 Å². The fraction of sp³-hybridized carbons (Fsp3) is 0.875. The van der Waals surface area contributed by atoms with Gasteiger partial charge in [-0.15, -0.1) is 0 Å². The standard InChI is InChI=1S/C16H32N2O3/c1-5-9-11-13(10-6-2)18-15(21)17-12-16(7-3,8-4)14(19)20/h13H,5-12H2,1-4H3,(H,19,20)(H2,17,18,21). The molecule has 3 N–H and O–H groups in total. The van der Waals surface area contributed by atoms with E-state index in [0.717, 1.165) is 32.1 Å². The molecule has 0 aliphatic carbocycles. The molecule has 0 fully saturated rings. The summed E-state index contributed by atoms with van der Waals surface area (Å²) in [5.74, 6) is -0.844. The summed E-state index contributed by atoms with van der Waals surface area (Å²) in [4.78, 5) is 23.4. The average molecular weight is 300 g/mol. The first-order chi connectivity index (χ1) is 9.95. The Bertz CT molecular complexity index is 315. The quantitative estimate of drug-likeness (QED) is 0.546. The van der Waals surface area contributed by atoms with Gasteiger partial charge in [-0.25, -0.2) is 4.79 Å². The Morgan fingerprint density at radius 1 is 1.05 bits per heavy atom. The molecule has 0 aromatic heterocycles. The van der Waals surface area contributed by atoms with E-state index in [4.69, 9.17) is 0 Å². The van der Waals surface area contributed by atoms with Crippen molar-refractivity contribution < 1.29 is 14.7 Å². The number of hydrogen-bond acceptors (Lipinski definition) is 2. The van der Waals surface area contributed by atoms with Crippen molar-refractivity contribution in [2.75, 3.05) is 6.54 Å². The van der Waals surface area contributed by atoms with Crippen LogP contribution in [0.4, 0.5) is 4.79 Å². The predicted octanol–water partition coefficient (Wildman–Crippen LogP) is 3.54. The van der Waals surface area contributed by atoms with Crippen LogP contribution in [-0.2, 0) is 4.79 Å². The molecule has 0 aliphatic heterocycles. The number of unbranched alkanes of at least 4 members (excludes halogenated alkanes) is 1. The molecule has 1 atom stereocenters. The maximum absolute atomic E-state index is 12.0. The number of aliphatic carboxylic acids is 1. The maximum atomic E-state index is 12.0. The number of carboxylic acid groups (broad SMARTS) is 1. The van der Waals surface area contributed by atoms with Gasteiger partial charge in [-0.2, -0.15) is 0 Å². The van der Waals surface area contributed by atoms with Crippen LogP contribution in [0.25, 0.3) is 0 Å². The highest BCUT2D eigenvalue weighted by Gasteiger charge is 2.35. The summed E-state index contributed by atoms with van der Waals surface area (Å²) < 4.78 is 0. The van der Waals surface area contributed by atoms with Crippen LogP contribution < -0.4 is 10.6 Å². The summed E-state index contributed by atoms with van der Waals surface area (Å²) in [6.45, 7) is 8.10.